The molecule has 0 heterocycles. The standard InChI is InChI=1S/C19H21NO2/c1-2-13-20-14-6-15-22-18-11-9-17(10-12-18)19(21)16-7-4-3-5-8-16/h2-5,7-12,20H,1,6,13-15H2. The van der Waals surface area contributed by atoms with Crippen molar-refractivity contribution in [2.45, 2.75) is 6.42 Å². The average Bonchev–Trinajstić information content (AvgIpc) is 2.59. The lowest BCUT2D eigenvalue weighted by molar-refractivity contribution is 0.103. The normalized spacial score (nSPS) is 10.2. The van der Waals surface area contributed by atoms with Crippen LogP contribution in [0.2, 0.25) is 0 Å². The minimum atomic E-state index is 0.0285. The van der Waals surface area contributed by atoms with Gasteiger partial charge in [0.15, 0.2) is 5.78 Å². The fourth-order valence-electron chi connectivity index (χ4n) is 2.05. The molecule has 0 fully saturated rings. The summed E-state index contributed by atoms with van der Waals surface area (Å²) in [6.45, 7) is 6.01. The largest absolute Gasteiger partial charge is 0.494 e. The molecule has 3 nitrogen and oxygen atoms in total. The van der Waals surface area contributed by atoms with Crippen molar-refractivity contribution in [3.63, 3.8) is 0 Å². The van der Waals surface area contributed by atoms with E-state index in [1.165, 1.54) is 0 Å². The molecule has 0 aromatic heterocycles. The molecule has 0 aliphatic carbocycles. The Morgan fingerprint density at radius 1 is 1.05 bits per heavy atom. The Balaban J connectivity index is 1.83. The van der Waals surface area contributed by atoms with Crippen LogP contribution < -0.4 is 10.1 Å². The maximum atomic E-state index is 12.3. The molecule has 114 valence electrons. The second-order valence-electron chi connectivity index (χ2n) is 4.91. The van der Waals surface area contributed by atoms with Gasteiger partial charge >= 0.3 is 0 Å². The van der Waals surface area contributed by atoms with Crippen LogP contribution in [0.1, 0.15) is 22.3 Å². The van der Waals surface area contributed by atoms with Crippen LogP contribution in [0.5, 0.6) is 5.75 Å². The van der Waals surface area contributed by atoms with Crippen molar-refractivity contribution in [2.24, 2.45) is 0 Å². The molecule has 0 atom stereocenters. The maximum absolute atomic E-state index is 12.3. The Hall–Kier alpha value is -2.39. The van der Waals surface area contributed by atoms with E-state index in [1.807, 2.05) is 48.5 Å². The first-order valence-corrected chi connectivity index (χ1v) is 7.45. The van der Waals surface area contributed by atoms with E-state index in [0.29, 0.717) is 17.7 Å². The maximum Gasteiger partial charge on any atom is 0.193 e. The molecule has 0 unspecified atom stereocenters. The summed E-state index contributed by atoms with van der Waals surface area (Å²) in [6.07, 6.45) is 2.77. The predicted octanol–water partition coefficient (Wildman–Crippen LogP) is 3.46. The fraction of sp³-hybridized carbons (Fsp3) is 0.211. The molecule has 0 amide bonds. The quantitative estimate of drug-likeness (QED) is 0.437. The topological polar surface area (TPSA) is 38.3 Å². The van der Waals surface area contributed by atoms with Crippen LogP contribution in [0.4, 0.5) is 0 Å². The molecule has 22 heavy (non-hydrogen) atoms. The number of carbonyl (C=O) groups excluding carboxylic acids is 1. The highest BCUT2D eigenvalue weighted by molar-refractivity contribution is 6.08. The van der Waals surface area contributed by atoms with Gasteiger partial charge in [0.1, 0.15) is 5.75 Å². The highest BCUT2D eigenvalue weighted by Gasteiger charge is 2.08. The van der Waals surface area contributed by atoms with Crippen LogP contribution in [0.25, 0.3) is 0 Å². The van der Waals surface area contributed by atoms with Crippen molar-refractivity contribution >= 4 is 5.78 Å². The van der Waals surface area contributed by atoms with E-state index in [1.54, 1.807) is 12.1 Å². The highest BCUT2D eigenvalue weighted by atomic mass is 16.5. The van der Waals surface area contributed by atoms with E-state index >= 15 is 0 Å². The van der Waals surface area contributed by atoms with Gasteiger partial charge in [-0.1, -0.05) is 36.4 Å². The van der Waals surface area contributed by atoms with Gasteiger partial charge in [-0.3, -0.25) is 4.79 Å². The third-order valence-electron chi connectivity index (χ3n) is 3.21. The number of ketones is 1. The molecular formula is C19H21NO2. The van der Waals surface area contributed by atoms with Crippen LogP contribution in [0, 0.1) is 0 Å². The highest BCUT2D eigenvalue weighted by Crippen LogP contribution is 2.15. The van der Waals surface area contributed by atoms with Gasteiger partial charge in [-0.05, 0) is 37.2 Å². The Bertz CT molecular complexity index is 591. The first-order chi connectivity index (χ1) is 10.8. The van der Waals surface area contributed by atoms with Gasteiger partial charge in [0.2, 0.25) is 0 Å². The third kappa shape index (κ3) is 4.86. The van der Waals surface area contributed by atoms with Crippen LogP contribution in [-0.4, -0.2) is 25.5 Å². The number of benzene rings is 2. The summed E-state index contributed by atoms with van der Waals surface area (Å²) in [5.41, 5.74) is 1.37. The smallest absolute Gasteiger partial charge is 0.193 e. The van der Waals surface area contributed by atoms with E-state index in [9.17, 15) is 4.79 Å². The summed E-state index contributed by atoms with van der Waals surface area (Å²) in [4.78, 5) is 12.3. The lowest BCUT2D eigenvalue weighted by Crippen LogP contribution is -2.17. The molecule has 2 aromatic rings. The zero-order valence-electron chi connectivity index (χ0n) is 12.6. The predicted molar refractivity (Wildman–Crippen MR) is 89.5 cm³/mol. The third-order valence-corrected chi connectivity index (χ3v) is 3.21. The zero-order valence-corrected chi connectivity index (χ0v) is 12.6. The Kier molecular flexibility index (Phi) is 6.39. The minimum absolute atomic E-state index is 0.0285. The molecular weight excluding hydrogens is 274 g/mol. The van der Waals surface area contributed by atoms with E-state index in [0.717, 1.165) is 25.3 Å². The molecule has 1 N–H and O–H groups in total. The molecule has 0 spiro atoms. The summed E-state index contributed by atoms with van der Waals surface area (Å²) in [7, 11) is 0. The molecule has 2 aromatic carbocycles. The molecule has 0 radical (unpaired) electrons. The Morgan fingerprint density at radius 3 is 2.41 bits per heavy atom. The zero-order chi connectivity index (χ0) is 15.6. The lowest BCUT2D eigenvalue weighted by atomic mass is 10.0. The summed E-state index contributed by atoms with van der Waals surface area (Å²) in [5, 5.41) is 3.22. The minimum Gasteiger partial charge on any atom is -0.494 e. The second kappa shape index (κ2) is 8.80. The van der Waals surface area contributed by atoms with Gasteiger partial charge in [0.05, 0.1) is 6.61 Å². The molecule has 0 aliphatic heterocycles. The number of hydrogen-bond acceptors (Lipinski definition) is 3. The van der Waals surface area contributed by atoms with Crippen LogP contribution in [0.3, 0.4) is 0 Å². The SMILES string of the molecule is C=CCNCCCOc1ccc(C(=O)c2ccccc2)cc1. The van der Waals surface area contributed by atoms with E-state index < -0.39 is 0 Å². The first kappa shape index (κ1) is 16.0. The van der Waals surface area contributed by atoms with Gasteiger partial charge in [-0.25, -0.2) is 0 Å². The number of ether oxygens (including phenoxy) is 1. The molecule has 0 saturated carbocycles. The Morgan fingerprint density at radius 2 is 1.73 bits per heavy atom. The summed E-state index contributed by atoms with van der Waals surface area (Å²) < 4.78 is 5.65. The van der Waals surface area contributed by atoms with E-state index in [4.69, 9.17) is 4.74 Å². The van der Waals surface area contributed by atoms with Crippen LogP contribution in [0.15, 0.2) is 67.3 Å². The lowest BCUT2D eigenvalue weighted by Gasteiger charge is -2.07. The van der Waals surface area contributed by atoms with Crippen molar-refractivity contribution in [2.75, 3.05) is 19.7 Å². The fourth-order valence-corrected chi connectivity index (χ4v) is 2.05. The first-order valence-electron chi connectivity index (χ1n) is 7.45. The average molecular weight is 295 g/mol. The summed E-state index contributed by atoms with van der Waals surface area (Å²) in [6, 6.07) is 16.6. The van der Waals surface area contributed by atoms with Crippen molar-refractivity contribution in [1.29, 1.82) is 0 Å². The van der Waals surface area contributed by atoms with E-state index in [-0.39, 0.29) is 5.78 Å². The molecule has 0 bridgehead atoms. The van der Waals surface area contributed by atoms with Crippen molar-refractivity contribution in [3.05, 3.63) is 78.4 Å². The van der Waals surface area contributed by atoms with Crippen LogP contribution in [-0.2, 0) is 0 Å². The molecule has 0 saturated heterocycles. The van der Waals surface area contributed by atoms with Gasteiger partial charge < -0.3 is 10.1 Å². The molecule has 0 aliphatic rings. The van der Waals surface area contributed by atoms with E-state index in [2.05, 4.69) is 11.9 Å². The van der Waals surface area contributed by atoms with Gasteiger partial charge in [-0.15, -0.1) is 6.58 Å². The molecule has 3 heteroatoms. The van der Waals surface area contributed by atoms with Crippen LogP contribution >= 0.6 is 0 Å². The second-order valence-corrected chi connectivity index (χ2v) is 4.91. The number of nitrogens with one attached hydrogen (secondary N) is 1. The van der Waals surface area contributed by atoms with Crippen molar-refractivity contribution in [1.82, 2.24) is 5.32 Å². The van der Waals surface area contributed by atoms with Gasteiger partial charge in [0, 0.05) is 17.7 Å². The van der Waals surface area contributed by atoms with Crippen molar-refractivity contribution in [3.8, 4) is 5.75 Å². The molecule has 2 rings (SSSR count). The monoisotopic (exact) mass is 295 g/mol. The number of rotatable bonds is 9. The summed E-state index contributed by atoms with van der Waals surface area (Å²) in [5.74, 6) is 0.814. The van der Waals surface area contributed by atoms with Gasteiger partial charge in [0.25, 0.3) is 0 Å². The summed E-state index contributed by atoms with van der Waals surface area (Å²) >= 11 is 0. The number of hydrogen-bond donors (Lipinski definition) is 1. The van der Waals surface area contributed by atoms with Gasteiger partial charge in [-0.2, -0.15) is 0 Å². The Labute approximate surface area is 131 Å². The van der Waals surface area contributed by atoms with Crippen molar-refractivity contribution < 1.29 is 9.53 Å². The number of carbonyl (C=O) groups is 1.